The van der Waals surface area contributed by atoms with Gasteiger partial charge in [-0.3, -0.25) is 4.68 Å². The highest BCUT2D eigenvalue weighted by Gasteiger charge is 2.03. The summed E-state index contributed by atoms with van der Waals surface area (Å²) in [5, 5.41) is 7.40. The first-order valence-corrected chi connectivity index (χ1v) is 4.96. The largest absolute Gasteiger partial charge is 0.380 e. The fourth-order valence-electron chi connectivity index (χ4n) is 0.955. The van der Waals surface area contributed by atoms with Gasteiger partial charge in [-0.2, -0.15) is 5.10 Å². The zero-order chi connectivity index (χ0) is 9.84. The minimum absolute atomic E-state index is 0.928. The summed E-state index contributed by atoms with van der Waals surface area (Å²) in [5.41, 5.74) is 1.05. The molecule has 0 spiro atoms. The standard InChI is InChI=1S/C8H15BrN4/c1-12(2)5-4-10-7-6-11-13(3)8(7)9/h6,10H,4-5H2,1-3H3. The molecule has 13 heavy (non-hydrogen) atoms. The molecule has 0 unspecified atom stereocenters. The van der Waals surface area contributed by atoms with Gasteiger partial charge in [0, 0.05) is 20.1 Å². The number of nitrogens with one attached hydrogen (secondary N) is 1. The third kappa shape index (κ3) is 3.00. The van der Waals surface area contributed by atoms with Gasteiger partial charge in [0.2, 0.25) is 0 Å². The van der Waals surface area contributed by atoms with Crippen LogP contribution in [0.25, 0.3) is 0 Å². The molecule has 0 bridgehead atoms. The van der Waals surface area contributed by atoms with Gasteiger partial charge in [0.15, 0.2) is 0 Å². The monoisotopic (exact) mass is 246 g/mol. The number of aryl methyl sites for hydroxylation is 1. The van der Waals surface area contributed by atoms with Crippen molar-refractivity contribution >= 4 is 21.6 Å². The van der Waals surface area contributed by atoms with Crippen LogP contribution in [0.4, 0.5) is 5.69 Å². The second-order valence-electron chi connectivity index (χ2n) is 3.20. The molecule has 0 aromatic carbocycles. The van der Waals surface area contributed by atoms with Crippen LogP contribution in [0.1, 0.15) is 0 Å². The Labute approximate surface area is 87.0 Å². The molecule has 1 rings (SSSR count). The molecule has 1 aromatic heterocycles. The molecule has 1 N–H and O–H groups in total. The van der Waals surface area contributed by atoms with Crippen LogP contribution in [-0.4, -0.2) is 41.9 Å². The van der Waals surface area contributed by atoms with Crippen LogP contribution in [0, 0.1) is 0 Å². The molecule has 0 aliphatic rings. The first-order chi connectivity index (χ1) is 6.11. The molecule has 5 heteroatoms. The summed E-state index contributed by atoms with van der Waals surface area (Å²) in [4.78, 5) is 2.14. The third-order valence-electron chi connectivity index (χ3n) is 1.74. The number of halogens is 1. The Hall–Kier alpha value is -0.550. The summed E-state index contributed by atoms with van der Waals surface area (Å²) in [5.74, 6) is 0. The lowest BCUT2D eigenvalue weighted by Gasteiger charge is -2.10. The summed E-state index contributed by atoms with van der Waals surface area (Å²) in [7, 11) is 6.02. The molecular weight excluding hydrogens is 232 g/mol. The highest BCUT2D eigenvalue weighted by atomic mass is 79.9. The van der Waals surface area contributed by atoms with Crippen molar-refractivity contribution in [1.82, 2.24) is 14.7 Å². The molecule has 1 aromatic rings. The average molecular weight is 247 g/mol. The van der Waals surface area contributed by atoms with Gasteiger partial charge in [-0.05, 0) is 30.0 Å². The number of hydrogen-bond donors (Lipinski definition) is 1. The Morgan fingerprint density at radius 3 is 2.77 bits per heavy atom. The quantitative estimate of drug-likeness (QED) is 0.866. The van der Waals surface area contributed by atoms with Crippen molar-refractivity contribution < 1.29 is 0 Å². The molecule has 0 saturated carbocycles. The van der Waals surface area contributed by atoms with Crippen molar-refractivity contribution in [3.8, 4) is 0 Å². The second kappa shape index (κ2) is 4.62. The van der Waals surface area contributed by atoms with Crippen molar-refractivity contribution in [3.05, 3.63) is 10.8 Å². The Morgan fingerprint density at radius 2 is 2.31 bits per heavy atom. The molecule has 0 radical (unpaired) electrons. The van der Waals surface area contributed by atoms with Crippen LogP contribution in [0.2, 0.25) is 0 Å². The Morgan fingerprint density at radius 1 is 1.62 bits per heavy atom. The van der Waals surface area contributed by atoms with E-state index in [1.165, 1.54) is 0 Å². The lowest BCUT2D eigenvalue weighted by molar-refractivity contribution is 0.425. The Bertz CT molecular complexity index is 269. The fourth-order valence-corrected chi connectivity index (χ4v) is 1.29. The smallest absolute Gasteiger partial charge is 0.126 e. The summed E-state index contributed by atoms with van der Waals surface area (Å²) in [6.45, 7) is 1.94. The SMILES string of the molecule is CN(C)CCNc1cnn(C)c1Br. The van der Waals surface area contributed by atoms with Gasteiger partial charge in [-0.25, -0.2) is 0 Å². The maximum atomic E-state index is 4.11. The van der Waals surface area contributed by atoms with E-state index in [0.29, 0.717) is 0 Å². The van der Waals surface area contributed by atoms with Gasteiger partial charge >= 0.3 is 0 Å². The van der Waals surface area contributed by atoms with Gasteiger partial charge in [0.25, 0.3) is 0 Å². The molecule has 0 atom stereocenters. The van der Waals surface area contributed by atoms with Crippen molar-refractivity contribution in [2.45, 2.75) is 0 Å². The normalized spacial score (nSPS) is 10.8. The maximum Gasteiger partial charge on any atom is 0.126 e. The molecule has 74 valence electrons. The van der Waals surface area contributed by atoms with Gasteiger partial charge in [-0.15, -0.1) is 0 Å². The van der Waals surface area contributed by atoms with E-state index in [1.54, 1.807) is 4.68 Å². The second-order valence-corrected chi connectivity index (χ2v) is 3.95. The summed E-state index contributed by atoms with van der Waals surface area (Å²) >= 11 is 3.44. The number of rotatable bonds is 4. The van der Waals surface area contributed by atoms with E-state index >= 15 is 0 Å². The van der Waals surface area contributed by atoms with Crippen LogP contribution >= 0.6 is 15.9 Å². The van der Waals surface area contributed by atoms with E-state index in [-0.39, 0.29) is 0 Å². The average Bonchev–Trinajstić information content (AvgIpc) is 2.35. The highest BCUT2D eigenvalue weighted by Crippen LogP contribution is 2.19. The van der Waals surface area contributed by atoms with Gasteiger partial charge in [0.05, 0.1) is 11.9 Å². The first kappa shape index (κ1) is 10.5. The number of anilines is 1. The molecule has 0 aliphatic heterocycles. The molecule has 1 heterocycles. The third-order valence-corrected chi connectivity index (χ3v) is 2.68. The Kier molecular flexibility index (Phi) is 3.74. The number of likely N-dealkylation sites (N-methyl/N-ethyl adjacent to an activating group) is 1. The lowest BCUT2D eigenvalue weighted by Crippen LogP contribution is -2.20. The van der Waals surface area contributed by atoms with Crippen molar-refractivity contribution in [3.63, 3.8) is 0 Å². The summed E-state index contributed by atoms with van der Waals surface area (Å²) in [6.07, 6.45) is 1.82. The Balaban J connectivity index is 2.41. The molecule has 0 fully saturated rings. The number of aromatic nitrogens is 2. The topological polar surface area (TPSA) is 33.1 Å². The summed E-state index contributed by atoms with van der Waals surface area (Å²) in [6, 6.07) is 0. The highest BCUT2D eigenvalue weighted by molar-refractivity contribution is 9.10. The van der Waals surface area contributed by atoms with Crippen molar-refractivity contribution in [2.24, 2.45) is 7.05 Å². The molecule has 0 aliphatic carbocycles. The molecule has 0 saturated heterocycles. The van der Waals surface area contributed by atoms with E-state index in [1.807, 2.05) is 13.2 Å². The minimum atomic E-state index is 0.928. The molecule has 0 amide bonds. The van der Waals surface area contributed by atoms with Crippen LogP contribution < -0.4 is 5.32 Å². The van der Waals surface area contributed by atoms with Crippen LogP contribution in [0.3, 0.4) is 0 Å². The van der Waals surface area contributed by atoms with E-state index in [0.717, 1.165) is 23.4 Å². The van der Waals surface area contributed by atoms with Gasteiger partial charge < -0.3 is 10.2 Å². The van der Waals surface area contributed by atoms with E-state index < -0.39 is 0 Å². The van der Waals surface area contributed by atoms with Crippen molar-refractivity contribution in [1.29, 1.82) is 0 Å². The first-order valence-electron chi connectivity index (χ1n) is 4.17. The molecular formula is C8H15BrN4. The zero-order valence-corrected chi connectivity index (χ0v) is 9.80. The van der Waals surface area contributed by atoms with Crippen LogP contribution in [-0.2, 0) is 7.05 Å². The van der Waals surface area contributed by atoms with Crippen LogP contribution in [0.15, 0.2) is 10.8 Å². The number of hydrogen-bond acceptors (Lipinski definition) is 3. The predicted octanol–water partition coefficient (Wildman–Crippen LogP) is 1.16. The minimum Gasteiger partial charge on any atom is -0.380 e. The van der Waals surface area contributed by atoms with E-state index in [4.69, 9.17) is 0 Å². The maximum absolute atomic E-state index is 4.11. The number of nitrogens with zero attached hydrogens (tertiary/aromatic N) is 3. The van der Waals surface area contributed by atoms with E-state index in [2.05, 4.69) is 45.3 Å². The predicted molar refractivity (Wildman–Crippen MR) is 58.0 cm³/mol. The van der Waals surface area contributed by atoms with Crippen molar-refractivity contribution in [2.75, 3.05) is 32.5 Å². The summed E-state index contributed by atoms with van der Waals surface area (Å²) < 4.78 is 2.78. The van der Waals surface area contributed by atoms with Gasteiger partial charge in [-0.1, -0.05) is 0 Å². The lowest BCUT2D eigenvalue weighted by atomic mass is 10.5. The zero-order valence-electron chi connectivity index (χ0n) is 8.21. The van der Waals surface area contributed by atoms with Gasteiger partial charge in [0.1, 0.15) is 4.60 Å². The fraction of sp³-hybridized carbons (Fsp3) is 0.625. The van der Waals surface area contributed by atoms with E-state index in [9.17, 15) is 0 Å². The van der Waals surface area contributed by atoms with Crippen LogP contribution in [0.5, 0.6) is 0 Å². The molecule has 4 nitrogen and oxygen atoms in total.